The van der Waals surface area contributed by atoms with Crippen LogP contribution in [0, 0.1) is 17.2 Å². The number of aryl methyl sites for hydroxylation is 1. The highest BCUT2D eigenvalue weighted by atomic mass is 16.2. The van der Waals surface area contributed by atoms with Crippen LogP contribution in [0.1, 0.15) is 31.9 Å². The molecule has 6 heteroatoms. The first-order valence-corrected chi connectivity index (χ1v) is 6.35. The molecule has 0 fully saturated rings. The molecular weight excluding hydrogens is 242 g/mol. The summed E-state index contributed by atoms with van der Waals surface area (Å²) in [5.74, 6) is 0.181. The molecule has 0 radical (unpaired) electrons. The van der Waals surface area contributed by atoms with Gasteiger partial charge in [0, 0.05) is 31.9 Å². The Hall–Kier alpha value is -1.87. The van der Waals surface area contributed by atoms with Gasteiger partial charge in [-0.3, -0.25) is 9.48 Å². The molecule has 1 amide bonds. The molecule has 6 nitrogen and oxygen atoms in total. The molecule has 1 aromatic rings. The summed E-state index contributed by atoms with van der Waals surface area (Å²) in [5, 5.41) is 12.7. The fourth-order valence-corrected chi connectivity index (χ4v) is 1.86. The van der Waals surface area contributed by atoms with Crippen LogP contribution in [-0.2, 0) is 11.8 Å². The van der Waals surface area contributed by atoms with E-state index in [2.05, 4.69) is 11.2 Å². The lowest BCUT2D eigenvalue weighted by Crippen LogP contribution is -2.41. The summed E-state index contributed by atoms with van der Waals surface area (Å²) in [4.78, 5) is 14.0. The van der Waals surface area contributed by atoms with Crippen LogP contribution in [0.15, 0.2) is 12.4 Å². The number of aromatic nitrogens is 2. The number of nitrogens with zero attached hydrogens (tertiary/aromatic N) is 4. The van der Waals surface area contributed by atoms with Crippen molar-refractivity contribution in [2.45, 2.75) is 26.3 Å². The van der Waals surface area contributed by atoms with E-state index in [-0.39, 0.29) is 5.91 Å². The van der Waals surface area contributed by atoms with E-state index in [0.717, 1.165) is 0 Å². The fraction of sp³-hybridized carbons (Fsp3) is 0.615. The normalized spacial score (nSPS) is 12.2. The minimum absolute atomic E-state index is 0.156. The van der Waals surface area contributed by atoms with Gasteiger partial charge in [-0.2, -0.15) is 10.4 Å². The summed E-state index contributed by atoms with van der Waals surface area (Å²) >= 11 is 0. The Balaban J connectivity index is 2.77. The lowest BCUT2D eigenvalue weighted by atomic mass is 10.1. The lowest BCUT2D eigenvalue weighted by molar-refractivity contribution is -0.133. The maximum Gasteiger partial charge on any atom is 0.244 e. The summed E-state index contributed by atoms with van der Waals surface area (Å²) in [6, 6.07) is 1.34. The van der Waals surface area contributed by atoms with Gasteiger partial charge >= 0.3 is 0 Å². The van der Waals surface area contributed by atoms with E-state index in [1.807, 2.05) is 13.8 Å². The van der Waals surface area contributed by atoms with Crippen LogP contribution in [-0.4, -0.2) is 33.7 Å². The molecule has 1 aromatic heterocycles. The number of nitrogens with two attached hydrogens (primary N) is 1. The number of carbonyl (C=O) groups is 1. The Morgan fingerprint density at radius 1 is 1.63 bits per heavy atom. The van der Waals surface area contributed by atoms with Crippen molar-refractivity contribution in [2.24, 2.45) is 18.7 Å². The molecule has 1 atom stereocenters. The van der Waals surface area contributed by atoms with Gasteiger partial charge in [0.1, 0.15) is 6.04 Å². The number of hydrogen-bond donors (Lipinski definition) is 1. The molecule has 1 heterocycles. The summed E-state index contributed by atoms with van der Waals surface area (Å²) < 4.78 is 1.62. The van der Waals surface area contributed by atoms with Gasteiger partial charge in [0.15, 0.2) is 0 Å². The first kappa shape index (κ1) is 15.2. The number of hydrogen-bond acceptors (Lipinski definition) is 4. The van der Waals surface area contributed by atoms with Gasteiger partial charge in [-0.05, 0) is 5.92 Å². The summed E-state index contributed by atoms with van der Waals surface area (Å²) in [7, 11) is 1.78. The van der Waals surface area contributed by atoms with E-state index in [1.54, 1.807) is 29.0 Å². The Morgan fingerprint density at radius 3 is 2.79 bits per heavy atom. The van der Waals surface area contributed by atoms with Crippen LogP contribution < -0.4 is 5.73 Å². The van der Waals surface area contributed by atoms with E-state index < -0.39 is 6.04 Å². The lowest BCUT2D eigenvalue weighted by Gasteiger charge is -2.26. The maximum absolute atomic E-state index is 12.3. The van der Waals surface area contributed by atoms with Gasteiger partial charge in [0.05, 0.1) is 18.7 Å². The Labute approximate surface area is 113 Å². The van der Waals surface area contributed by atoms with Crippen molar-refractivity contribution < 1.29 is 4.79 Å². The van der Waals surface area contributed by atoms with Gasteiger partial charge < -0.3 is 10.6 Å². The molecule has 19 heavy (non-hydrogen) atoms. The monoisotopic (exact) mass is 263 g/mol. The number of carbonyl (C=O) groups excluding carboxylic acids is 1. The molecule has 1 rings (SSSR count). The van der Waals surface area contributed by atoms with Gasteiger partial charge in [0.2, 0.25) is 5.91 Å². The predicted molar refractivity (Wildman–Crippen MR) is 71.8 cm³/mol. The van der Waals surface area contributed by atoms with Crippen LogP contribution in [0.5, 0.6) is 0 Å². The Kier molecular flexibility index (Phi) is 5.52. The topological polar surface area (TPSA) is 87.9 Å². The van der Waals surface area contributed by atoms with Gasteiger partial charge in [-0.1, -0.05) is 13.8 Å². The SMILES string of the molecule is CC(C)CN(CCC#N)C(=O)C(N)c1cnn(C)c1. The van der Waals surface area contributed by atoms with Crippen LogP contribution >= 0.6 is 0 Å². The molecule has 104 valence electrons. The van der Waals surface area contributed by atoms with Gasteiger partial charge in [-0.15, -0.1) is 0 Å². The average Bonchev–Trinajstić information content (AvgIpc) is 2.79. The first-order valence-electron chi connectivity index (χ1n) is 6.35. The molecule has 0 spiro atoms. The molecule has 0 saturated heterocycles. The van der Waals surface area contributed by atoms with Crippen molar-refractivity contribution in [3.8, 4) is 6.07 Å². The van der Waals surface area contributed by atoms with Crippen molar-refractivity contribution in [1.29, 1.82) is 5.26 Å². The van der Waals surface area contributed by atoms with Crippen molar-refractivity contribution in [3.63, 3.8) is 0 Å². The predicted octanol–water partition coefficient (Wildman–Crippen LogP) is 0.818. The standard InChI is InChI=1S/C13H21N5O/c1-10(2)8-18(6-4-5-14)13(19)12(15)11-7-16-17(3)9-11/h7,9-10,12H,4,6,8,15H2,1-3H3. The van der Waals surface area contributed by atoms with Crippen molar-refractivity contribution in [3.05, 3.63) is 18.0 Å². The molecule has 0 aromatic carbocycles. The van der Waals surface area contributed by atoms with E-state index in [1.165, 1.54) is 0 Å². The number of amides is 1. The summed E-state index contributed by atoms with van der Waals surface area (Å²) in [6.07, 6.45) is 3.65. The molecule has 1 unspecified atom stereocenters. The maximum atomic E-state index is 12.3. The molecule has 2 N–H and O–H groups in total. The molecule has 0 aliphatic carbocycles. The zero-order chi connectivity index (χ0) is 14.4. The molecular formula is C13H21N5O. The smallest absolute Gasteiger partial charge is 0.244 e. The van der Waals surface area contributed by atoms with Crippen LogP contribution in [0.4, 0.5) is 0 Å². The molecule has 0 aliphatic heterocycles. The minimum atomic E-state index is -0.717. The third-order valence-electron chi connectivity index (χ3n) is 2.74. The number of rotatable bonds is 6. The van der Waals surface area contributed by atoms with Crippen LogP contribution in [0.3, 0.4) is 0 Å². The Bertz CT molecular complexity index is 460. The van der Waals surface area contributed by atoms with E-state index >= 15 is 0 Å². The van der Waals surface area contributed by atoms with Crippen molar-refractivity contribution >= 4 is 5.91 Å². The van der Waals surface area contributed by atoms with Gasteiger partial charge in [0.25, 0.3) is 0 Å². The molecule has 0 aliphatic rings. The highest BCUT2D eigenvalue weighted by Crippen LogP contribution is 2.13. The average molecular weight is 263 g/mol. The fourth-order valence-electron chi connectivity index (χ4n) is 1.86. The molecule has 0 saturated carbocycles. The second-order valence-corrected chi connectivity index (χ2v) is 5.01. The highest BCUT2D eigenvalue weighted by molar-refractivity contribution is 5.83. The van der Waals surface area contributed by atoms with Crippen LogP contribution in [0.2, 0.25) is 0 Å². The van der Waals surface area contributed by atoms with E-state index in [9.17, 15) is 4.79 Å². The van der Waals surface area contributed by atoms with Crippen LogP contribution in [0.25, 0.3) is 0 Å². The zero-order valence-corrected chi connectivity index (χ0v) is 11.7. The quantitative estimate of drug-likeness (QED) is 0.823. The summed E-state index contributed by atoms with van der Waals surface area (Å²) in [5.41, 5.74) is 6.67. The minimum Gasteiger partial charge on any atom is -0.340 e. The summed E-state index contributed by atoms with van der Waals surface area (Å²) in [6.45, 7) is 5.08. The Morgan fingerprint density at radius 2 is 2.32 bits per heavy atom. The highest BCUT2D eigenvalue weighted by Gasteiger charge is 2.23. The third-order valence-corrected chi connectivity index (χ3v) is 2.74. The molecule has 0 bridgehead atoms. The first-order chi connectivity index (χ1) is 8.95. The van der Waals surface area contributed by atoms with E-state index in [0.29, 0.717) is 31.0 Å². The van der Waals surface area contributed by atoms with Crippen molar-refractivity contribution in [2.75, 3.05) is 13.1 Å². The zero-order valence-electron chi connectivity index (χ0n) is 11.7. The van der Waals surface area contributed by atoms with E-state index in [4.69, 9.17) is 11.0 Å². The van der Waals surface area contributed by atoms with Crippen molar-refractivity contribution in [1.82, 2.24) is 14.7 Å². The second kappa shape index (κ2) is 6.90. The number of nitriles is 1. The second-order valence-electron chi connectivity index (χ2n) is 5.01. The van der Waals surface area contributed by atoms with Gasteiger partial charge in [-0.25, -0.2) is 0 Å². The third kappa shape index (κ3) is 4.38. The largest absolute Gasteiger partial charge is 0.340 e.